The van der Waals surface area contributed by atoms with Crippen molar-refractivity contribution in [3.63, 3.8) is 0 Å². The van der Waals surface area contributed by atoms with E-state index < -0.39 is 30.3 Å². The average Bonchev–Trinajstić information content (AvgIpc) is 2.05. The second kappa shape index (κ2) is 4.53. The van der Waals surface area contributed by atoms with E-state index in [4.69, 9.17) is 4.74 Å². The van der Waals surface area contributed by atoms with Crippen LogP contribution in [0.2, 0.25) is 0 Å². The van der Waals surface area contributed by atoms with Crippen molar-refractivity contribution in [1.82, 2.24) is 5.32 Å². The molecule has 1 atom stereocenters. The molecule has 0 aromatic heterocycles. The lowest BCUT2D eigenvalue weighted by Crippen LogP contribution is -2.54. The van der Waals surface area contributed by atoms with E-state index in [1.807, 2.05) is 0 Å². The van der Waals surface area contributed by atoms with Gasteiger partial charge in [-0.15, -0.1) is 0 Å². The molecule has 4 nitrogen and oxygen atoms in total. The summed E-state index contributed by atoms with van der Waals surface area (Å²) >= 11 is 0. The van der Waals surface area contributed by atoms with Crippen molar-refractivity contribution in [3.8, 4) is 0 Å². The van der Waals surface area contributed by atoms with Crippen LogP contribution in [0.4, 0.5) is 13.6 Å². The molecule has 1 rings (SSSR count). The molecule has 0 aromatic rings. The van der Waals surface area contributed by atoms with Crippen LogP contribution in [-0.2, 0) is 9.47 Å². The molecule has 0 aliphatic carbocycles. The molecule has 1 aliphatic rings. The van der Waals surface area contributed by atoms with Gasteiger partial charge >= 0.3 is 6.09 Å². The fraction of sp³-hybridized carbons (Fsp3) is 0.900. The minimum absolute atomic E-state index is 0.0895. The number of amides is 1. The summed E-state index contributed by atoms with van der Waals surface area (Å²) in [4.78, 5) is 11.3. The summed E-state index contributed by atoms with van der Waals surface area (Å²) in [7, 11) is 0. The van der Waals surface area contributed by atoms with Gasteiger partial charge in [0, 0.05) is 6.61 Å². The number of nitrogens with one attached hydrogen (secondary N) is 1. The summed E-state index contributed by atoms with van der Waals surface area (Å²) in [5.74, 6) is -3.03. The molecule has 1 N–H and O–H groups in total. The summed E-state index contributed by atoms with van der Waals surface area (Å²) in [5.41, 5.74) is -0.690. The van der Waals surface area contributed by atoms with E-state index in [1.54, 1.807) is 20.8 Å². The minimum Gasteiger partial charge on any atom is -0.444 e. The Morgan fingerprint density at radius 2 is 2.12 bits per heavy atom. The van der Waals surface area contributed by atoms with Crippen LogP contribution in [0.25, 0.3) is 0 Å². The third-order valence-corrected chi connectivity index (χ3v) is 2.05. The maximum absolute atomic E-state index is 13.3. The summed E-state index contributed by atoms with van der Waals surface area (Å²) in [6.45, 7) is 4.58. The Balaban J connectivity index is 2.49. The van der Waals surface area contributed by atoms with Crippen molar-refractivity contribution in [2.75, 3.05) is 13.2 Å². The second-order valence-electron chi connectivity index (χ2n) is 4.80. The zero-order valence-corrected chi connectivity index (χ0v) is 9.68. The molecule has 6 heteroatoms. The smallest absolute Gasteiger partial charge is 0.408 e. The summed E-state index contributed by atoms with van der Waals surface area (Å²) in [5, 5.41) is 2.17. The van der Waals surface area contributed by atoms with Gasteiger partial charge in [0.2, 0.25) is 0 Å². The Morgan fingerprint density at radius 1 is 1.50 bits per heavy atom. The molecule has 16 heavy (non-hydrogen) atoms. The first-order valence-electron chi connectivity index (χ1n) is 5.16. The van der Waals surface area contributed by atoms with Crippen molar-refractivity contribution >= 4 is 6.09 Å². The van der Waals surface area contributed by atoms with Gasteiger partial charge < -0.3 is 14.8 Å². The van der Waals surface area contributed by atoms with Gasteiger partial charge in [0.1, 0.15) is 18.2 Å². The lowest BCUT2D eigenvalue weighted by atomic mass is 10.1. The summed E-state index contributed by atoms with van der Waals surface area (Å²) in [6, 6.07) is -1.21. The van der Waals surface area contributed by atoms with Crippen LogP contribution in [0.15, 0.2) is 0 Å². The zero-order chi connectivity index (χ0) is 12.4. The molecule has 0 spiro atoms. The van der Waals surface area contributed by atoms with Gasteiger partial charge in [-0.2, -0.15) is 0 Å². The van der Waals surface area contributed by atoms with E-state index in [1.165, 1.54) is 0 Å². The third kappa shape index (κ3) is 3.92. The molecule has 0 radical (unpaired) electrons. The molecule has 94 valence electrons. The summed E-state index contributed by atoms with van der Waals surface area (Å²) < 4.78 is 36.1. The first-order valence-corrected chi connectivity index (χ1v) is 5.16. The molecule has 1 fully saturated rings. The molecule has 1 heterocycles. The van der Waals surface area contributed by atoms with Gasteiger partial charge in [0.15, 0.2) is 0 Å². The third-order valence-electron chi connectivity index (χ3n) is 2.05. The molecule has 0 unspecified atom stereocenters. The number of hydrogen-bond acceptors (Lipinski definition) is 3. The van der Waals surface area contributed by atoms with E-state index in [9.17, 15) is 13.6 Å². The van der Waals surface area contributed by atoms with Gasteiger partial charge in [-0.3, -0.25) is 0 Å². The van der Waals surface area contributed by atoms with E-state index in [-0.39, 0.29) is 13.0 Å². The SMILES string of the molecule is CC(C)(C)OC(=O)N[C@H]1CCOCC1(F)F. The molecular weight excluding hydrogens is 220 g/mol. The number of alkyl carbamates (subject to hydrolysis) is 1. The van der Waals surface area contributed by atoms with Crippen molar-refractivity contribution in [2.45, 2.75) is 44.8 Å². The number of rotatable bonds is 1. The van der Waals surface area contributed by atoms with Gasteiger partial charge in [-0.25, -0.2) is 13.6 Å². The molecule has 1 aliphatic heterocycles. The first-order chi connectivity index (χ1) is 7.21. The predicted molar refractivity (Wildman–Crippen MR) is 53.5 cm³/mol. The number of carbonyl (C=O) groups is 1. The maximum atomic E-state index is 13.3. The van der Waals surface area contributed by atoms with Crippen molar-refractivity contribution in [1.29, 1.82) is 0 Å². The van der Waals surface area contributed by atoms with Crippen LogP contribution in [0, 0.1) is 0 Å². The van der Waals surface area contributed by atoms with Gasteiger partial charge in [-0.1, -0.05) is 0 Å². The van der Waals surface area contributed by atoms with Crippen molar-refractivity contribution in [3.05, 3.63) is 0 Å². The standard InChI is InChI=1S/C10H17F2NO3/c1-9(2,3)16-8(14)13-7-4-5-15-6-10(7,11)12/h7H,4-6H2,1-3H3,(H,13,14)/t7-/m0/s1. The number of halogens is 2. The van der Waals surface area contributed by atoms with Crippen LogP contribution >= 0.6 is 0 Å². The Hall–Kier alpha value is -0.910. The fourth-order valence-electron chi connectivity index (χ4n) is 1.35. The zero-order valence-electron chi connectivity index (χ0n) is 9.68. The van der Waals surface area contributed by atoms with Gasteiger partial charge in [0.05, 0.1) is 0 Å². The predicted octanol–water partition coefficient (Wildman–Crippen LogP) is 1.94. The first kappa shape index (κ1) is 13.2. The van der Waals surface area contributed by atoms with E-state index in [0.717, 1.165) is 0 Å². The molecule has 0 bridgehead atoms. The van der Waals surface area contributed by atoms with Gasteiger partial charge in [-0.05, 0) is 27.2 Å². The topological polar surface area (TPSA) is 47.6 Å². The maximum Gasteiger partial charge on any atom is 0.408 e. The van der Waals surface area contributed by atoms with E-state index >= 15 is 0 Å². The molecule has 1 saturated heterocycles. The van der Waals surface area contributed by atoms with Crippen LogP contribution in [0.1, 0.15) is 27.2 Å². The number of ether oxygens (including phenoxy) is 2. The molecular formula is C10H17F2NO3. The number of alkyl halides is 2. The molecule has 0 saturated carbocycles. The van der Waals surface area contributed by atoms with Crippen LogP contribution in [0.5, 0.6) is 0 Å². The van der Waals surface area contributed by atoms with Crippen LogP contribution in [-0.4, -0.2) is 36.9 Å². The highest BCUT2D eigenvalue weighted by Gasteiger charge is 2.43. The number of hydrogen-bond donors (Lipinski definition) is 1. The number of carbonyl (C=O) groups excluding carboxylic acids is 1. The minimum atomic E-state index is -3.03. The fourth-order valence-corrected chi connectivity index (χ4v) is 1.35. The van der Waals surface area contributed by atoms with Crippen LogP contribution in [0.3, 0.4) is 0 Å². The normalized spacial score (nSPS) is 24.9. The molecule has 0 aromatic carbocycles. The Kier molecular flexibility index (Phi) is 3.72. The Bertz CT molecular complexity index is 263. The summed E-state index contributed by atoms with van der Waals surface area (Å²) in [6.07, 6.45) is -0.731. The Morgan fingerprint density at radius 3 is 2.62 bits per heavy atom. The quantitative estimate of drug-likeness (QED) is 0.758. The monoisotopic (exact) mass is 237 g/mol. The molecule has 1 amide bonds. The highest BCUT2D eigenvalue weighted by atomic mass is 19.3. The van der Waals surface area contributed by atoms with Crippen molar-refractivity contribution < 1.29 is 23.0 Å². The lowest BCUT2D eigenvalue weighted by molar-refractivity contribution is -0.135. The highest BCUT2D eigenvalue weighted by molar-refractivity contribution is 5.68. The lowest BCUT2D eigenvalue weighted by Gasteiger charge is -2.32. The van der Waals surface area contributed by atoms with Crippen molar-refractivity contribution in [2.24, 2.45) is 0 Å². The van der Waals surface area contributed by atoms with E-state index in [0.29, 0.717) is 0 Å². The Labute approximate surface area is 93.3 Å². The average molecular weight is 237 g/mol. The largest absolute Gasteiger partial charge is 0.444 e. The highest BCUT2D eigenvalue weighted by Crippen LogP contribution is 2.25. The van der Waals surface area contributed by atoms with Crippen LogP contribution < -0.4 is 5.32 Å². The van der Waals surface area contributed by atoms with Gasteiger partial charge in [0.25, 0.3) is 5.92 Å². The second-order valence-corrected chi connectivity index (χ2v) is 4.80. The van der Waals surface area contributed by atoms with E-state index in [2.05, 4.69) is 10.1 Å².